The van der Waals surface area contributed by atoms with E-state index in [2.05, 4.69) is 0 Å². The Morgan fingerprint density at radius 2 is 1.85 bits per heavy atom. The quantitative estimate of drug-likeness (QED) is 0.240. The molecule has 11 nitrogen and oxygen atoms in total. The van der Waals surface area contributed by atoms with Crippen LogP contribution in [0.25, 0.3) is 0 Å². The summed E-state index contributed by atoms with van der Waals surface area (Å²) in [7, 11) is 1.45. The van der Waals surface area contributed by atoms with E-state index in [1.165, 1.54) is 7.11 Å². The van der Waals surface area contributed by atoms with Crippen LogP contribution in [-0.4, -0.2) is 81.9 Å². The van der Waals surface area contributed by atoms with Crippen molar-refractivity contribution >= 4 is 11.9 Å². The van der Waals surface area contributed by atoms with Crippen LogP contribution < -0.4 is 9.47 Å². The average Bonchev–Trinajstić information content (AvgIpc) is 3.20. The molecule has 34 heavy (non-hydrogen) atoms. The van der Waals surface area contributed by atoms with E-state index in [0.717, 1.165) is 5.57 Å². The van der Waals surface area contributed by atoms with Crippen LogP contribution >= 0.6 is 0 Å². The number of carbonyl (C=O) groups excluding carboxylic acids is 1. The van der Waals surface area contributed by atoms with Crippen molar-refractivity contribution in [3.8, 4) is 11.5 Å². The maximum Gasteiger partial charge on any atom is 0.342 e. The summed E-state index contributed by atoms with van der Waals surface area (Å²) in [4.78, 5) is 23.5. The molecule has 0 spiro atoms. The summed E-state index contributed by atoms with van der Waals surface area (Å²) in [6.45, 7) is 2.90. The highest BCUT2D eigenvalue weighted by atomic mass is 16.7. The molecule has 0 aliphatic carbocycles. The fourth-order valence-electron chi connectivity index (χ4n) is 4.10. The lowest BCUT2D eigenvalue weighted by Crippen LogP contribution is -2.60. The number of aliphatic carboxylic acids is 1. The van der Waals surface area contributed by atoms with E-state index in [0.29, 0.717) is 28.9 Å². The van der Waals surface area contributed by atoms with E-state index in [1.54, 1.807) is 19.9 Å². The van der Waals surface area contributed by atoms with Gasteiger partial charge in [-0.3, -0.25) is 4.79 Å². The number of carboxylic acids is 1. The summed E-state index contributed by atoms with van der Waals surface area (Å²) in [5.74, 6) is -1.13. The van der Waals surface area contributed by atoms with Gasteiger partial charge >= 0.3 is 11.9 Å². The van der Waals surface area contributed by atoms with E-state index in [1.807, 2.05) is 0 Å². The Balaban J connectivity index is 2.06. The highest BCUT2D eigenvalue weighted by molar-refractivity contribution is 5.98. The van der Waals surface area contributed by atoms with Gasteiger partial charge in [0.25, 0.3) is 0 Å². The van der Waals surface area contributed by atoms with Crippen molar-refractivity contribution in [2.24, 2.45) is 0 Å². The molecule has 5 N–H and O–H groups in total. The van der Waals surface area contributed by atoms with Crippen LogP contribution in [0.1, 0.15) is 46.8 Å². The maximum absolute atomic E-state index is 12.6. The van der Waals surface area contributed by atoms with E-state index >= 15 is 0 Å². The third kappa shape index (κ3) is 5.03. The Morgan fingerprint density at radius 3 is 2.47 bits per heavy atom. The summed E-state index contributed by atoms with van der Waals surface area (Å²) >= 11 is 0. The number of cyclic esters (lactones) is 1. The van der Waals surface area contributed by atoms with Crippen LogP contribution in [0.4, 0.5) is 0 Å². The van der Waals surface area contributed by atoms with Crippen molar-refractivity contribution in [2.75, 3.05) is 13.7 Å². The minimum atomic E-state index is -1.68. The lowest BCUT2D eigenvalue weighted by Gasteiger charge is -2.40. The summed E-state index contributed by atoms with van der Waals surface area (Å²) in [6, 6.07) is 0. The van der Waals surface area contributed by atoms with E-state index < -0.39 is 49.3 Å². The molecule has 2 aliphatic heterocycles. The molecule has 1 saturated heterocycles. The molecule has 0 radical (unpaired) electrons. The molecular weight excluding hydrogens is 452 g/mol. The first-order valence-electron chi connectivity index (χ1n) is 10.8. The predicted octanol–water partition coefficient (Wildman–Crippen LogP) is 0.206. The highest BCUT2D eigenvalue weighted by Gasteiger charge is 2.46. The lowest BCUT2D eigenvalue weighted by atomic mass is 9.94. The second-order valence-corrected chi connectivity index (χ2v) is 8.36. The number of rotatable bonds is 9. The second-order valence-electron chi connectivity index (χ2n) is 8.36. The zero-order valence-corrected chi connectivity index (χ0v) is 19.2. The van der Waals surface area contributed by atoms with Gasteiger partial charge in [-0.15, -0.1) is 0 Å². The Hall–Kier alpha value is -2.70. The Kier molecular flexibility index (Phi) is 8.16. The number of ether oxygens (including phenoxy) is 4. The van der Waals surface area contributed by atoms with Crippen molar-refractivity contribution < 1.29 is 54.1 Å². The number of aliphatic hydroxyl groups is 4. The third-order valence-corrected chi connectivity index (χ3v) is 6.10. The fraction of sp³-hybridized carbons (Fsp3) is 0.565. The molecule has 0 unspecified atom stereocenters. The van der Waals surface area contributed by atoms with Crippen LogP contribution in [0.15, 0.2) is 11.6 Å². The molecule has 5 atom stereocenters. The van der Waals surface area contributed by atoms with Crippen molar-refractivity contribution in [3.05, 3.63) is 33.9 Å². The normalized spacial score (nSPS) is 26.7. The number of carbonyl (C=O) groups is 2. The summed E-state index contributed by atoms with van der Waals surface area (Å²) in [5, 5.41) is 49.0. The van der Waals surface area contributed by atoms with Crippen LogP contribution in [0, 0.1) is 6.92 Å². The maximum atomic E-state index is 12.6. The molecule has 188 valence electrons. The van der Waals surface area contributed by atoms with Gasteiger partial charge in [0, 0.05) is 17.5 Å². The molecule has 1 aromatic rings. The molecule has 2 aliphatic rings. The molecular formula is C23H30O11. The van der Waals surface area contributed by atoms with Crippen molar-refractivity contribution in [2.45, 2.75) is 70.4 Å². The van der Waals surface area contributed by atoms with Gasteiger partial charge in [0.2, 0.25) is 6.29 Å². The first-order valence-corrected chi connectivity index (χ1v) is 10.8. The molecule has 0 bridgehead atoms. The molecule has 0 saturated carbocycles. The molecule has 3 rings (SSSR count). The first kappa shape index (κ1) is 25.9. The van der Waals surface area contributed by atoms with Gasteiger partial charge in [0.1, 0.15) is 48.1 Å². The topological polar surface area (TPSA) is 172 Å². The summed E-state index contributed by atoms with van der Waals surface area (Å²) in [5.41, 5.74) is 2.56. The van der Waals surface area contributed by atoms with Gasteiger partial charge in [-0.2, -0.15) is 0 Å². The third-order valence-electron chi connectivity index (χ3n) is 6.10. The minimum absolute atomic E-state index is 0.00480. The molecule has 11 heteroatoms. The lowest BCUT2D eigenvalue weighted by molar-refractivity contribution is -0.277. The summed E-state index contributed by atoms with van der Waals surface area (Å²) in [6.07, 6.45) is -5.36. The van der Waals surface area contributed by atoms with Crippen LogP contribution in [0.5, 0.6) is 11.5 Å². The SMILES string of the molecule is COc1c(C)c2c(c(O[C@@H]3O[C@H](CO)[C@@H](O)[C@H](O)[C@@H]3O)c1C/C=C(\C)CCC(=O)O)C(=O)OC2. The number of hydrogen-bond donors (Lipinski definition) is 5. The van der Waals surface area contributed by atoms with Gasteiger partial charge in [-0.05, 0) is 32.3 Å². The number of hydrogen-bond acceptors (Lipinski definition) is 10. The van der Waals surface area contributed by atoms with Crippen LogP contribution in [0.2, 0.25) is 0 Å². The van der Waals surface area contributed by atoms with Crippen molar-refractivity contribution in [1.29, 1.82) is 0 Å². The Morgan fingerprint density at radius 1 is 1.15 bits per heavy atom. The number of aliphatic hydroxyl groups excluding tert-OH is 4. The van der Waals surface area contributed by atoms with Crippen LogP contribution in [-0.2, 0) is 27.3 Å². The van der Waals surface area contributed by atoms with Gasteiger partial charge < -0.3 is 44.5 Å². The van der Waals surface area contributed by atoms with E-state index in [-0.39, 0.29) is 30.8 Å². The van der Waals surface area contributed by atoms with Gasteiger partial charge in [0.05, 0.1) is 13.7 Å². The number of esters is 1. The van der Waals surface area contributed by atoms with Gasteiger partial charge in [-0.1, -0.05) is 11.6 Å². The van der Waals surface area contributed by atoms with Crippen molar-refractivity contribution in [1.82, 2.24) is 0 Å². The summed E-state index contributed by atoms with van der Waals surface area (Å²) < 4.78 is 22.2. The number of allylic oxidation sites excluding steroid dienone is 2. The zero-order valence-electron chi connectivity index (χ0n) is 19.2. The fourth-order valence-corrected chi connectivity index (χ4v) is 4.10. The zero-order chi connectivity index (χ0) is 25.2. The molecule has 2 heterocycles. The van der Waals surface area contributed by atoms with Gasteiger partial charge in [-0.25, -0.2) is 4.79 Å². The number of benzene rings is 1. The number of carboxylic acid groups (broad SMARTS) is 1. The average molecular weight is 482 g/mol. The Bertz CT molecular complexity index is 968. The largest absolute Gasteiger partial charge is 0.496 e. The number of fused-ring (bicyclic) bond motifs is 1. The molecule has 1 aromatic carbocycles. The van der Waals surface area contributed by atoms with E-state index in [9.17, 15) is 30.0 Å². The second kappa shape index (κ2) is 10.7. The molecule has 1 fully saturated rings. The predicted molar refractivity (Wildman–Crippen MR) is 116 cm³/mol. The van der Waals surface area contributed by atoms with Crippen molar-refractivity contribution in [3.63, 3.8) is 0 Å². The minimum Gasteiger partial charge on any atom is -0.496 e. The van der Waals surface area contributed by atoms with Crippen LogP contribution in [0.3, 0.4) is 0 Å². The molecule has 0 aromatic heterocycles. The van der Waals surface area contributed by atoms with E-state index in [4.69, 9.17) is 24.1 Å². The Labute approximate surface area is 196 Å². The monoisotopic (exact) mass is 482 g/mol. The highest BCUT2D eigenvalue weighted by Crippen LogP contribution is 2.44. The molecule has 0 amide bonds. The first-order chi connectivity index (χ1) is 16.1. The smallest absolute Gasteiger partial charge is 0.342 e. The van der Waals surface area contributed by atoms with Gasteiger partial charge in [0.15, 0.2) is 0 Å². The standard InChI is InChI=1S/C23H30O11/c1-10(5-7-15(25)26)4-6-12-20(31-3)11(2)13-9-32-22(30)16(13)21(12)34-23-19(29)18(28)17(27)14(8-24)33-23/h4,14,17-19,23-24,27-29H,5-9H2,1-3H3,(H,25,26)/b10-4+/t14-,17-,18+,19+,23+/m1/s1. The number of methoxy groups -OCH3 is 1.